The number of hydrogen-bond acceptors (Lipinski definition) is 4. The van der Waals surface area contributed by atoms with Crippen molar-refractivity contribution in [3.05, 3.63) is 29.8 Å². The first kappa shape index (κ1) is 20.2. The van der Waals surface area contributed by atoms with E-state index in [4.69, 9.17) is 4.74 Å². The number of hydrogen-bond donors (Lipinski definition) is 1. The van der Waals surface area contributed by atoms with Crippen LogP contribution in [-0.2, 0) is 20.7 Å². The highest BCUT2D eigenvalue weighted by molar-refractivity contribution is 5.78. The Morgan fingerprint density at radius 3 is 2.62 bits per heavy atom. The fourth-order valence-electron chi connectivity index (χ4n) is 5.01. The largest absolute Gasteiger partial charge is 0.508 e. The van der Waals surface area contributed by atoms with Gasteiger partial charge in [0.2, 0.25) is 11.8 Å². The molecule has 1 aromatic carbocycles. The number of carbonyl (C=O) groups is 2. The second-order valence-corrected chi connectivity index (χ2v) is 8.96. The predicted molar refractivity (Wildman–Crippen MR) is 109 cm³/mol. The van der Waals surface area contributed by atoms with Crippen LogP contribution in [0.5, 0.6) is 5.75 Å². The summed E-state index contributed by atoms with van der Waals surface area (Å²) >= 11 is 0. The lowest BCUT2D eigenvalue weighted by atomic mass is 9.72. The number of phenolic OH excluding ortho intramolecular Hbond substituents is 1. The van der Waals surface area contributed by atoms with E-state index in [-0.39, 0.29) is 29.1 Å². The molecule has 1 spiro atoms. The molecule has 29 heavy (non-hydrogen) atoms. The highest BCUT2D eigenvalue weighted by atomic mass is 16.5. The number of nitrogens with zero attached hydrogens (tertiary/aromatic N) is 2. The molecule has 6 heteroatoms. The second kappa shape index (κ2) is 8.74. The van der Waals surface area contributed by atoms with E-state index in [2.05, 4.69) is 0 Å². The topological polar surface area (TPSA) is 70.1 Å². The molecule has 0 saturated carbocycles. The first-order chi connectivity index (χ1) is 14.0. The molecule has 3 saturated heterocycles. The summed E-state index contributed by atoms with van der Waals surface area (Å²) in [6.45, 7) is 3.95. The molecule has 0 aromatic heterocycles. The Bertz CT molecular complexity index is 719. The third-order valence-electron chi connectivity index (χ3n) is 6.94. The molecule has 1 unspecified atom stereocenters. The highest BCUT2D eigenvalue weighted by Crippen LogP contribution is 2.40. The van der Waals surface area contributed by atoms with Crippen LogP contribution in [0.25, 0.3) is 0 Å². The number of ether oxygens (including phenoxy) is 1. The predicted octanol–water partition coefficient (Wildman–Crippen LogP) is 2.74. The molecule has 3 aliphatic rings. The molecule has 0 radical (unpaired) electrons. The summed E-state index contributed by atoms with van der Waals surface area (Å²) in [5, 5.41) is 9.37. The monoisotopic (exact) mass is 400 g/mol. The van der Waals surface area contributed by atoms with Crippen molar-refractivity contribution >= 4 is 11.8 Å². The van der Waals surface area contributed by atoms with Gasteiger partial charge in [0.05, 0.1) is 6.10 Å². The molecule has 1 atom stereocenters. The number of benzene rings is 1. The Morgan fingerprint density at radius 1 is 1.17 bits per heavy atom. The zero-order valence-corrected chi connectivity index (χ0v) is 17.1. The van der Waals surface area contributed by atoms with Crippen LogP contribution >= 0.6 is 0 Å². The fourth-order valence-corrected chi connectivity index (χ4v) is 5.01. The van der Waals surface area contributed by atoms with E-state index < -0.39 is 0 Å². The Balaban J connectivity index is 1.26. The fraction of sp³-hybridized carbons (Fsp3) is 0.652. The molecular weight excluding hydrogens is 368 g/mol. The number of aromatic hydroxyl groups is 1. The molecule has 4 rings (SSSR count). The minimum absolute atomic E-state index is 0.167. The van der Waals surface area contributed by atoms with E-state index in [0.29, 0.717) is 19.3 Å². The van der Waals surface area contributed by atoms with Crippen LogP contribution in [0, 0.1) is 5.41 Å². The maximum absolute atomic E-state index is 12.7. The number of phenols is 1. The van der Waals surface area contributed by atoms with E-state index in [1.54, 1.807) is 12.1 Å². The van der Waals surface area contributed by atoms with Crippen molar-refractivity contribution in [2.75, 3.05) is 32.8 Å². The average molecular weight is 401 g/mol. The van der Waals surface area contributed by atoms with Crippen molar-refractivity contribution in [2.24, 2.45) is 5.41 Å². The maximum Gasteiger partial charge on any atom is 0.222 e. The lowest BCUT2D eigenvalue weighted by Crippen LogP contribution is -2.53. The third kappa shape index (κ3) is 4.92. The first-order valence-electron chi connectivity index (χ1n) is 11.0. The van der Waals surface area contributed by atoms with Crippen molar-refractivity contribution in [3.63, 3.8) is 0 Å². The molecule has 2 amide bonds. The van der Waals surface area contributed by atoms with Crippen LogP contribution < -0.4 is 0 Å². The summed E-state index contributed by atoms with van der Waals surface area (Å²) in [4.78, 5) is 29.1. The number of piperidine rings is 2. The summed E-state index contributed by atoms with van der Waals surface area (Å²) in [5.74, 6) is 0.718. The Labute approximate surface area is 172 Å². The molecule has 6 nitrogen and oxygen atoms in total. The van der Waals surface area contributed by atoms with Gasteiger partial charge < -0.3 is 19.6 Å². The van der Waals surface area contributed by atoms with E-state index >= 15 is 0 Å². The van der Waals surface area contributed by atoms with Gasteiger partial charge in [-0.05, 0) is 61.6 Å². The number of likely N-dealkylation sites (tertiary alicyclic amines) is 2. The van der Waals surface area contributed by atoms with Gasteiger partial charge in [-0.3, -0.25) is 9.59 Å². The van der Waals surface area contributed by atoms with E-state index in [9.17, 15) is 14.7 Å². The van der Waals surface area contributed by atoms with Crippen molar-refractivity contribution in [3.8, 4) is 5.75 Å². The summed E-state index contributed by atoms with van der Waals surface area (Å²) in [6, 6.07) is 7.07. The van der Waals surface area contributed by atoms with Gasteiger partial charge in [0.15, 0.2) is 0 Å². The van der Waals surface area contributed by atoms with Gasteiger partial charge in [-0.25, -0.2) is 0 Å². The molecule has 158 valence electrons. The van der Waals surface area contributed by atoms with Crippen molar-refractivity contribution in [1.29, 1.82) is 0 Å². The molecule has 0 aliphatic carbocycles. The number of rotatable bonds is 5. The lowest BCUT2D eigenvalue weighted by Gasteiger charge is -2.47. The van der Waals surface area contributed by atoms with Gasteiger partial charge in [-0.15, -0.1) is 0 Å². The van der Waals surface area contributed by atoms with Gasteiger partial charge in [0.1, 0.15) is 5.75 Å². The van der Waals surface area contributed by atoms with Gasteiger partial charge >= 0.3 is 0 Å². The van der Waals surface area contributed by atoms with Crippen LogP contribution in [-0.4, -0.2) is 65.6 Å². The highest BCUT2D eigenvalue weighted by Gasteiger charge is 2.42. The molecule has 0 bridgehead atoms. The zero-order valence-electron chi connectivity index (χ0n) is 17.1. The van der Waals surface area contributed by atoms with Crippen molar-refractivity contribution < 1.29 is 19.4 Å². The summed E-state index contributed by atoms with van der Waals surface area (Å²) in [7, 11) is 0. The summed E-state index contributed by atoms with van der Waals surface area (Å²) in [6.07, 6.45) is 7.09. The van der Waals surface area contributed by atoms with Crippen LogP contribution in [0.3, 0.4) is 0 Å². The molecule has 1 aromatic rings. The Morgan fingerprint density at radius 2 is 1.93 bits per heavy atom. The molecule has 3 heterocycles. The SMILES string of the molecule is O=C(CCc1ccc(O)cc1)N1CCC2(CCC(=O)N(CC3CCCO3)C2)CC1. The number of aryl methyl sites for hydroxylation is 1. The van der Waals surface area contributed by atoms with Gasteiger partial charge in [-0.2, -0.15) is 0 Å². The second-order valence-electron chi connectivity index (χ2n) is 8.96. The van der Waals surface area contributed by atoms with Gasteiger partial charge in [-0.1, -0.05) is 12.1 Å². The lowest BCUT2D eigenvalue weighted by molar-refractivity contribution is -0.144. The zero-order chi connectivity index (χ0) is 20.3. The summed E-state index contributed by atoms with van der Waals surface area (Å²) in [5.41, 5.74) is 1.24. The van der Waals surface area contributed by atoms with E-state index in [1.807, 2.05) is 21.9 Å². The molecular formula is C23H32N2O4. The smallest absolute Gasteiger partial charge is 0.222 e. The molecule has 3 fully saturated rings. The number of amides is 2. The van der Waals surface area contributed by atoms with E-state index in [1.165, 1.54) is 0 Å². The van der Waals surface area contributed by atoms with Gasteiger partial charge in [0, 0.05) is 45.6 Å². The molecule has 1 N–H and O–H groups in total. The molecule has 3 aliphatic heterocycles. The minimum Gasteiger partial charge on any atom is -0.508 e. The normalized spacial score (nSPS) is 24.3. The van der Waals surface area contributed by atoms with Crippen molar-refractivity contribution in [2.45, 2.75) is 57.5 Å². The van der Waals surface area contributed by atoms with Gasteiger partial charge in [0.25, 0.3) is 0 Å². The first-order valence-corrected chi connectivity index (χ1v) is 11.0. The van der Waals surface area contributed by atoms with Crippen LogP contribution in [0.15, 0.2) is 24.3 Å². The van der Waals surface area contributed by atoms with Crippen LogP contribution in [0.1, 0.15) is 50.5 Å². The quantitative estimate of drug-likeness (QED) is 0.825. The minimum atomic E-state index is 0.167. The Kier molecular flexibility index (Phi) is 6.09. The van der Waals surface area contributed by atoms with E-state index in [0.717, 1.165) is 70.5 Å². The number of carbonyl (C=O) groups excluding carboxylic acids is 2. The maximum atomic E-state index is 12.7. The summed E-state index contributed by atoms with van der Waals surface area (Å²) < 4.78 is 5.74. The van der Waals surface area contributed by atoms with Crippen molar-refractivity contribution in [1.82, 2.24) is 9.80 Å². The van der Waals surface area contributed by atoms with Crippen LogP contribution in [0.2, 0.25) is 0 Å². The van der Waals surface area contributed by atoms with Crippen LogP contribution in [0.4, 0.5) is 0 Å². The standard InChI is InChI=1S/C23H32N2O4/c26-19-6-3-18(4-7-19)5-8-21(27)24-13-11-23(12-14-24)10-9-22(28)25(17-23)16-20-2-1-15-29-20/h3-4,6-7,20,26H,1-2,5,8-17H2. The Hall–Kier alpha value is -2.08. The average Bonchev–Trinajstić information content (AvgIpc) is 3.24. The third-order valence-corrected chi connectivity index (χ3v) is 6.94.